The fraction of sp³-hybridized carbons (Fsp3) is 0.200. The maximum atomic E-state index is 12.9. The minimum atomic E-state index is -1.99. The van der Waals surface area contributed by atoms with E-state index in [0.29, 0.717) is 22.6 Å². The maximum Gasteiger partial charge on any atom is 0.269 e. The lowest BCUT2D eigenvalue weighted by Gasteiger charge is -2.23. The fourth-order valence-electron chi connectivity index (χ4n) is 4.02. The summed E-state index contributed by atoms with van der Waals surface area (Å²) in [5, 5.41) is 29.6. The van der Waals surface area contributed by atoms with Crippen LogP contribution < -0.4 is 11.1 Å². The van der Waals surface area contributed by atoms with Gasteiger partial charge in [0, 0.05) is 23.4 Å². The van der Waals surface area contributed by atoms with Gasteiger partial charge in [0.25, 0.3) is 11.6 Å². The molecule has 3 aromatic rings. The van der Waals surface area contributed by atoms with Gasteiger partial charge in [0.2, 0.25) is 5.60 Å². The van der Waals surface area contributed by atoms with Crippen LogP contribution in [0.2, 0.25) is 0 Å². The molecule has 0 saturated carbocycles. The average Bonchev–Trinajstić information content (AvgIpc) is 3.08. The molecule has 148 valence electrons. The number of nitrogens with zero attached hydrogens (tertiary/aromatic N) is 3. The van der Waals surface area contributed by atoms with Crippen LogP contribution in [0.25, 0.3) is 5.69 Å². The molecule has 1 amide bonds. The van der Waals surface area contributed by atoms with Gasteiger partial charge in [-0.05, 0) is 50.1 Å². The summed E-state index contributed by atoms with van der Waals surface area (Å²) in [7, 11) is 0. The monoisotopic (exact) mass is 393 g/mol. The molecule has 0 bridgehead atoms. The van der Waals surface area contributed by atoms with Crippen molar-refractivity contribution in [1.29, 1.82) is 0 Å². The molecule has 2 heterocycles. The van der Waals surface area contributed by atoms with E-state index in [1.807, 2.05) is 19.9 Å². The molecule has 1 aromatic heterocycles. The summed E-state index contributed by atoms with van der Waals surface area (Å²) in [4.78, 5) is 23.2. The van der Waals surface area contributed by atoms with Crippen LogP contribution in [-0.4, -0.2) is 25.7 Å². The number of carbonyl (C=O) groups excluding carboxylic acids is 1. The number of aliphatic hydroxyl groups is 1. The third kappa shape index (κ3) is 2.59. The smallest absolute Gasteiger partial charge is 0.269 e. The first kappa shape index (κ1) is 18.6. The van der Waals surface area contributed by atoms with Crippen molar-refractivity contribution in [3.8, 4) is 5.69 Å². The second kappa shape index (κ2) is 6.14. The van der Waals surface area contributed by atoms with E-state index >= 15 is 0 Å². The summed E-state index contributed by atoms with van der Waals surface area (Å²) >= 11 is 0. The number of non-ortho nitro benzene ring substituents is 1. The highest BCUT2D eigenvalue weighted by Crippen LogP contribution is 2.46. The van der Waals surface area contributed by atoms with Gasteiger partial charge in [-0.1, -0.05) is 6.07 Å². The van der Waals surface area contributed by atoms with E-state index in [4.69, 9.17) is 5.73 Å². The largest absolute Gasteiger partial charge is 0.383 e. The number of benzene rings is 2. The van der Waals surface area contributed by atoms with Gasteiger partial charge in [0.1, 0.15) is 5.82 Å². The zero-order valence-electron chi connectivity index (χ0n) is 16.1. The molecule has 0 saturated heterocycles. The molecule has 1 aliphatic rings. The quantitative estimate of drug-likeness (QED) is 0.462. The zero-order chi connectivity index (χ0) is 21.1. The molecule has 4 N–H and O–H groups in total. The Balaban J connectivity index is 1.90. The van der Waals surface area contributed by atoms with Gasteiger partial charge in [-0.15, -0.1) is 0 Å². The third-order valence-corrected chi connectivity index (χ3v) is 5.18. The number of anilines is 2. The van der Waals surface area contributed by atoms with Crippen molar-refractivity contribution in [3.63, 3.8) is 0 Å². The van der Waals surface area contributed by atoms with Gasteiger partial charge in [0.15, 0.2) is 0 Å². The summed E-state index contributed by atoms with van der Waals surface area (Å²) in [5.74, 6) is -0.513. The number of nitro groups is 1. The Bertz CT molecular complexity index is 1180. The number of nitro benzene ring substituents is 1. The first-order valence-corrected chi connectivity index (χ1v) is 8.90. The van der Waals surface area contributed by atoms with Crippen molar-refractivity contribution in [1.82, 2.24) is 9.78 Å². The van der Waals surface area contributed by atoms with Crippen molar-refractivity contribution in [2.75, 3.05) is 11.1 Å². The van der Waals surface area contributed by atoms with Gasteiger partial charge < -0.3 is 16.2 Å². The van der Waals surface area contributed by atoms with Crippen molar-refractivity contribution in [2.24, 2.45) is 0 Å². The van der Waals surface area contributed by atoms with Crippen molar-refractivity contribution < 1.29 is 14.8 Å². The first-order valence-electron chi connectivity index (χ1n) is 8.90. The standard InChI is InChI=1S/C20H19N5O4/c1-10-8-11(2)16-15(9-10)22-19(26)20(16,27)17-12(3)23-24(18(17)21)13-4-6-14(7-5-13)25(28)29/h4-9,27H,21H2,1-3H3,(H,22,26)/t20-/m1/s1. The number of hydrogen-bond donors (Lipinski definition) is 3. The first-order chi connectivity index (χ1) is 13.6. The van der Waals surface area contributed by atoms with E-state index in [0.717, 1.165) is 11.1 Å². The minimum absolute atomic E-state index is 0.0647. The van der Waals surface area contributed by atoms with E-state index < -0.39 is 16.4 Å². The second-order valence-electron chi connectivity index (χ2n) is 7.20. The SMILES string of the molecule is Cc1cc(C)c2c(c1)NC(=O)[C@]2(O)c1c(C)nn(-c2ccc([N+](=O)[O-])cc2)c1N. The predicted molar refractivity (Wildman–Crippen MR) is 107 cm³/mol. The van der Waals surface area contributed by atoms with Gasteiger partial charge in [-0.3, -0.25) is 14.9 Å². The van der Waals surface area contributed by atoms with Crippen molar-refractivity contribution >= 4 is 23.1 Å². The molecule has 2 aromatic carbocycles. The fourth-order valence-corrected chi connectivity index (χ4v) is 4.02. The molecule has 0 radical (unpaired) electrons. The van der Waals surface area contributed by atoms with E-state index in [2.05, 4.69) is 10.4 Å². The Labute approximate surface area is 165 Å². The molecular weight excluding hydrogens is 374 g/mol. The van der Waals surface area contributed by atoms with Crippen LogP contribution in [0.1, 0.15) is 27.9 Å². The average molecular weight is 393 g/mol. The molecule has 1 atom stereocenters. The number of carbonyl (C=O) groups is 1. The number of nitrogen functional groups attached to an aromatic ring is 1. The molecule has 0 unspecified atom stereocenters. The van der Waals surface area contributed by atoms with Crippen LogP contribution in [0.4, 0.5) is 17.2 Å². The van der Waals surface area contributed by atoms with Crippen LogP contribution in [0.15, 0.2) is 36.4 Å². The van der Waals surface area contributed by atoms with E-state index in [1.165, 1.54) is 28.9 Å². The topological polar surface area (TPSA) is 136 Å². The molecular formula is C20H19N5O4. The molecule has 29 heavy (non-hydrogen) atoms. The number of nitrogens with one attached hydrogen (secondary N) is 1. The lowest BCUT2D eigenvalue weighted by Crippen LogP contribution is -2.37. The number of hydrogen-bond acceptors (Lipinski definition) is 6. The van der Waals surface area contributed by atoms with Crippen LogP contribution >= 0.6 is 0 Å². The lowest BCUT2D eigenvalue weighted by atomic mass is 9.84. The summed E-state index contributed by atoms with van der Waals surface area (Å²) in [6.07, 6.45) is 0. The molecule has 1 aliphatic heterocycles. The highest BCUT2D eigenvalue weighted by molar-refractivity contribution is 6.08. The molecule has 9 heteroatoms. The maximum absolute atomic E-state index is 12.9. The van der Waals surface area contributed by atoms with E-state index in [1.54, 1.807) is 13.0 Å². The summed E-state index contributed by atoms with van der Waals surface area (Å²) < 4.78 is 1.36. The van der Waals surface area contributed by atoms with Crippen LogP contribution in [0.5, 0.6) is 0 Å². The summed E-state index contributed by atoms with van der Waals surface area (Å²) in [6, 6.07) is 9.37. The number of aromatic nitrogens is 2. The molecule has 0 aliphatic carbocycles. The van der Waals surface area contributed by atoms with E-state index in [-0.39, 0.29) is 17.1 Å². The normalized spacial score (nSPS) is 17.9. The lowest BCUT2D eigenvalue weighted by molar-refractivity contribution is -0.384. The number of rotatable bonds is 3. The van der Waals surface area contributed by atoms with Gasteiger partial charge in [0.05, 0.1) is 21.9 Å². The number of aryl methyl sites for hydroxylation is 3. The Morgan fingerprint density at radius 3 is 2.45 bits per heavy atom. The number of amides is 1. The highest BCUT2D eigenvalue weighted by Gasteiger charge is 2.51. The third-order valence-electron chi connectivity index (χ3n) is 5.18. The number of fused-ring (bicyclic) bond motifs is 1. The van der Waals surface area contributed by atoms with Crippen LogP contribution in [-0.2, 0) is 10.4 Å². The molecule has 9 nitrogen and oxygen atoms in total. The molecule has 4 rings (SSSR count). The Hall–Kier alpha value is -3.72. The molecule has 0 spiro atoms. The highest BCUT2D eigenvalue weighted by atomic mass is 16.6. The van der Waals surface area contributed by atoms with Gasteiger partial charge in [-0.25, -0.2) is 4.68 Å². The van der Waals surface area contributed by atoms with Gasteiger partial charge >= 0.3 is 0 Å². The van der Waals surface area contributed by atoms with Gasteiger partial charge in [-0.2, -0.15) is 5.10 Å². The second-order valence-corrected chi connectivity index (χ2v) is 7.20. The molecule has 0 fully saturated rings. The van der Waals surface area contributed by atoms with Crippen LogP contribution in [0.3, 0.4) is 0 Å². The Kier molecular flexibility index (Phi) is 3.95. The zero-order valence-corrected chi connectivity index (χ0v) is 16.1. The summed E-state index contributed by atoms with van der Waals surface area (Å²) in [6.45, 7) is 5.38. The van der Waals surface area contributed by atoms with Crippen LogP contribution in [0, 0.1) is 30.9 Å². The summed E-state index contributed by atoms with van der Waals surface area (Å²) in [5.41, 5.74) is 8.02. The Morgan fingerprint density at radius 2 is 1.83 bits per heavy atom. The predicted octanol–water partition coefficient (Wildman–Crippen LogP) is 2.48. The van der Waals surface area contributed by atoms with Crippen molar-refractivity contribution in [2.45, 2.75) is 26.4 Å². The number of nitrogens with two attached hydrogens (primary N) is 1. The Morgan fingerprint density at radius 1 is 1.17 bits per heavy atom. The van der Waals surface area contributed by atoms with E-state index in [9.17, 15) is 20.0 Å². The minimum Gasteiger partial charge on any atom is -0.383 e. The van der Waals surface area contributed by atoms with Crippen molar-refractivity contribution in [3.05, 3.63) is 74.5 Å².